The van der Waals surface area contributed by atoms with Gasteiger partial charge in [0.05, 0.1) is 11.6 Å². The predicted octanol–water partition coefficient (Wildman–Crippen LogP) is 3.36. The second kappa shape index (κ2) is 6.71. The van der Waals surface area contributed by atoms with Crippen molar-refractivity contribution in [3.8, 4) is 0 Å². The lowest BCUT2D eigenvalue weighted by Gasteiger charge is -2.07. The lowest BCUT2D eigenvalue weighted by Crippen LogP contribution is -2.04. The SMILES string of the molecule is C=C/C(Br)=C(\CCC)OC(=O)OC. The van der Waals surface area contributed by atoms with Crippen LogP contribution in [0.5, 0.6) is 0 Å². The summed E-state index contributed by atoms with van der Waals surface area (Å²) in [7, 11) is 1.27. The van der Waals surface area contributed by atoms with Crippen LogP contribution in [0, 0.1) is 0 Å². The van der Waals surface area contributed by atoms with E-state index in [1.54, 1.807) is 6.08 Å². The summed E-state index contributed by atoms with van der Waals surface area (Å²) in [6, 6.07) is 0. The minimum atomic E-state index is -0.706. The van der Waals surface area contributed by atoms with Gasteiger partial charge in [-0.3, -0.25) is 0 Å². The molecule has 0 radical (unpaired) electrons. The molecule has 0 fully saturated rings. The van der Waals surface area contributed by atoms with Gasteiger partial charge < -0.3 is 9.47 Å². The van der Waals surface area contributed by atoms with Crippen molar-refractivity contribution in [2.75, 3.05) is 7.11 Å². The third-order valence-corrected chi connectivity index (χ3v) is 2.06. The summed E-state index contributed by atoms with van der Waals surface area (Å²) in [5.41, 5.74) is 0. The zero-order valence-electron chi connectivity index (χ0n) is 7.80. The van der Waals surface area contributed by atoms with Crippen LogP contribution in [-0.2, 0) is 9.47 Å². The lowest BCUT2D eigenvalue weighted by molar-refractivity contribution is 0.0946. The van der Waals surface area contributed by atoms with Gasteiger partial charge in [0.1, 0.15) is 5.76 Å². The van der Waals surface area contributed by atoms with Gasteiger partial charge >= 0.3 is 6.16 Å². The van der Waals surface area contributed by atoms with E-state index in [0.717, 1.165) is 6.42 Å². The molecule has 0 atom stereocenters. The molecule has 13 heavy (non-hydrogen) atoms. The van der Waals surface area contributed by atoms with Gasteiger partial charge in [-0.2, -0.15) is 0 Å². The highest BCUT2D eigenvalue weighted by atomic mass is 79.9. The molecular formula is C9H13BrO3. The zero-order valence-corrected chi connectivity index (χ0v) is 9.39. The Balaban J connectivity index is 4.43. The summed E-state index contributed by atoms with van der Waals surface area (Å²) in [6.07, 6.45) is 2.42. The third kappa shape index (κ3) is 4.72. The fourth-order valence-corrected chi connectivity index (χ4v) is 0.982. The first-order valence-corrected chi connectivity index (χ1v) is 4.71. The molecule has 0 aliphatic heterocycles. The number of methoxy groups -OCH3 is 1. The Labute approximate surface area is 86.5 Å². The van der Waals surface area contributed by atoms with Crippen molar-refractivity contribution < 1.29 is 14.3 Å². The largest absolute Gasteiger partial charge is 0.513 e. The number of allylic oxidation sites excluding steroid dienone is 3. The monoisotopic (exact) mass is 248 g/mol. The molecule has 0 unspecified atom stereocenters. The van der Waals surface area contributed by atoms with Crippen molar-refractivity contribution in [2.24, 2.45) is 0 Å². The molecule has 0 bridgehead atoms. The first-order chi connectivity index (χ1) is 6.15. The average Bonchev–Trinajstić information content (AvgIpc) is 2.15. The first kappa shape index (κ1) is 12.2. The summed E-state index contributed by atoms with van der Waals surface area (Å²) in [5.74, 6) is 0.546. The summed E-state index contributed by atoms with van der Waals surface area (Å²) in [6.45, 7) is 5.55. The molecule has 0 amide bonds. The normalized spacial score (nSPS) is 11.6. The summed E-state index contributed by atoms with van der Waals surface area (Å²) >= 11 is 3.23. The maximum Gasteiger partial charge on any atom is 0.513 e. The van der Waals surface area contributed by atoms with Gasteiger partial charge in [-0.15, -0.1) is 0 Å². The van der Waals surface area contributed by atoms with Crippen LogP contribution in [0.3, 0.4) is 0 Å². The van der Waals surface area contributed by atoms with E-state index >= 15 is 0 Å². The summed E-state index contributed by atoms with van der Waals surface area (Å²) < 4.78 is 9.94. The Kier molecular flexibility index (Phi) is 6.32. The smallest absolute Gasteiger partial charge is 0.437 e. The van der Waals surface area contributed by atoms with Crippen LogP contribution in [0.1, 0.15) is 19.8 Å². The Hall–Kier alpha value is -0.770. The number of carbonyl (C=O) groups is 1. The molecule has 0 aromatic carbocycles. The molecule has 0 aliphatic carbocycles. The van der Waals surface area contributed by atoms with Crippen molar-refractivity contribution in [3.63, 3.8) is 0 Å². The minimum Gasteiger partial charge on any atom is -0.437 e. The highest BCUT2D eigenvalue weighted by Gasteiger charge is 2.08. The number of carbonyl (C=O) groups excluding carboxylic acids is 1. The van der Waals surface area contributed by atoms with Crippen molar-refractivity contribution >= 4 is 22.1 Å². The highest BCUT2D eigenvalue weighted by molar-refractivity contribution is 9.11. The molecule has 0 aromatic rings. The molecule has 0 saturated heterocycles. The molecule has 0 aromatic heterocycles. The molecule has 74 valence electrons. The third-order valence-electron chi connectivity index (χ3n) is 1.30. The fourth-order valence-electron chi connectivity index (χ4n) is 0.702. The van der Waals surface area contributed by atoms with E-state index in [1.165, 1.54) is 7.11 Å². The number of hydrogen-bond acceptors (Lipinski definition) is 3. The lowest BCUT2D eigenvalue weighted by atomic mass is 10.3. The number of halogens is 1. The number of hydrogen-bond donors (Lipinski definition) is 0. The fraction of sp³-hybridized carbons (Fsp3) is 0.444. The molecule has 0 N–H and O–H groups in total. The van der Waals surface area contributed by atoms with Crippen LogP contribution in [0.25, 0.3) is 0 Å². The van der Waals surface area contributed by atoms with E-state index in [2.05, 4.69) is 27.2 Å². The average molecular weight is 249 g/mol. The second-order valence-electron chi connectivity index (χ2n) is 2.28. The van der Waals surface area contributed by atoms with E-state index < -0.39 is 6.16 Å². The van der Waals surface area contributed by atoms with E-state index in [-0.39, 0.29) is 0 Å². The van der Waals surface area contributed by atoms with Gasteiger partial charge in [0.2, 0.25) is 0 Å². The summed E-state index contributed by atoms with van der Waals surface area (Å²) in [5, 5.41) is 0. The molecule has 0 heterocycles. The van der Waals surface area contributed by atoms with Gasteiger partial charge in [-0.05, 0) is 22.4 Å². The van der Waals surface area contributed by atoms with E-state index in [4.69, 9.17) is 4.74 Å². The Morgan fingerprint density at radius 2 is 2.23 bits per heavy atom. The van der Waals surface area contributed by atoms with Crippen molar-refractivity contribution in [1.29, 1.82) is 0 Å². The van der Waals surface area contributed by atoms with E-state index in [9.17, 15) is 4.79 Å². The zero-order chi connectivity index (χ0) is 10.3. The quantitative estimate of drug-likeness (QED) is 0.435. The summed E-state index contributed by atoms with van der Waals surface area (Å²) in [4.78, 5) is 10.8. The Morgan fingerprint density at radius 1 is 1.62 bits per heavy atom. The maximum atomic E-state index is 10.8. The van der Waals surface area contributed by atoms with Gasteiger partial charge in [0.25, 0.3) is 0 Å². The predicted molar refractivity (Wildman–Crippen MR) is 54.5 cm³/mol. The highest BCUT2D eigenvalue weighted by Crippen LogP contribution is 2.19. The Bertz CT molecular complexity index is 221. The molecule has 4 heteroatoms. The van der Waals surface area contributed by atoms with Gasteiger partial charge in [0, 0.05) is 6.42 Å². The van der Waals surface area contributed by atoms with Crippen LogP contribution in [0.15, 0.2) is 22.9 Å². The maximum absolute atomic E-state index is 10.8. The molecule has 0 aliphatic rings. The van der Waals surface area contributed by atoms with E-state index in [0.29, 0.717) is 16.7 Å². The first-order valence-electron chi connectivity index (χ1n) is 3.92. The Morgan fingerprint density at radius 3 is 2.62 bits per heavy atom. The van der Waals surface area contributed by atoms with Gasteiger partial charge in [-0.1, -0.05) is 19.6 Å². The van der Waals surface area contributed by atoms with Crippen LogP contribution < -0.4 is 0 Å². The van der Waals surface area contributed by atoms with E-state index in [1.807, 2.05) is 6.92 Å². The van der Waals surface area contributed by atoms with Crippen LogP contribution in [-0.4, -0.2) is 13.3 Å². The molecule has 3 nitrogen and oxygen atoms in total. The molecule has 0 spiro atoms. The van der Waals surface area contributed by atoms with Crippen molar-refractivity contribution in [2.45, 2.75) is 19.8 Å². The number of ether oxygens (including phenoxy) is 2. The minimum absolute atomic E-state index is 0.546. The second-order valence-corrected chi connectivity index (χ2v) is 3.14. The van der Waals surface area contributed by atoms with Crippen LogP contribution in [0.4, 0.5) is 4.79 Å². The molecular weight excluding hydrogens is 236 g/mol. The topological polar surface area (TPSA) is 35.5 Å². The van der Waals surface area contributed by atoms with Crippen molar-refractivity contribution in [1.82, 2.24) is 0 Å². The number of rotatable bonds is 4. The molecule has 0 saturated carbocycles. The standard InChI is InChI=1S/C9H13BrO3/c1-4-6-8(7(10)5-2)13-9(11)12-3/h5H,2,4,6H2,1,3H3/b8-7-. The van der Waals surface area contributed by atoms with Crippen LogP contribution in [0.2, 0.25) is 0 Å². The van der Waals surface area contributed by atoms with Crippen LogP contribution >= 0.6 is 15.9 Å². The van der Waals surface area contributed by atoms with Gasteiger partial charge in [-0.25, -0.2) is 4.79 Å². The van der Waals surface area contributed by atoms with Crippen molar-refractivity contribution in [3.05, 3.63) is 22.9 Å². The molecule has 0 rings (SSSR count). The van der Waals surface area contributed by atoms with Gasteiger partial charge in [0.15, 0.2) is 0 Å².